The van der Waals surface area contributed by atoms with Crippen LogP contribution >= 0.6 is 27.3 Å². The fraction of sp³-hybridized carbons (Fsp3) is 0.286. The van der Waals surface area contributed by atoms with Gasteiger partial charge in [0.2, 0.25) is 0 Å². The maximum Gasteiger partial charge on any atom is 0.324 e. The summed E-state index contributed by atoms with van der Waals surface area (Å²) in [6.07, 6.45) is 0. The van der Waals surface area contributed by atoms with E-state index in [1.54, 1.807) is 25.7 Å². The number of nitrogens with zero attached hydrogens (tertiary/aromatic N) is 1. The van der Waals surface area contributed by atoms with Crippen molar-refractivity contribution >= 4 is 32.3 Å². The smallest absolute Gasteiger partial charge is 0.324 e. The molecule has 2 aromatic rings. The minimum atomic E-state index is -0.375. The predicted octanol–water partition coefficient (Wildman–Crippen LogP) is 3.73. The number of benzene rings is 1. The van der Waals surface area contributed by atoms with Crippen LogP contribution in [0.4, 0.5) is 5.00 Å². The SMILES string of the molecule is COc1cc(CNCc2csc([N+](=O)[O-])c2)cc(Br)c1OC. The zero-order chi connectivity index (χ0) is 16.1. The number of halogens is 1. The highest BCUT2D eigenvalue weighted by Crippen LogP contribution is 2.36. The lowest BCUT2D eigenvalue weighted by molar-refractivity contribution is -0.380. The Kier molecular flexibility index (Phi) is 5.76. The first-order valence-corrected chi connectivity index (χ1v) is 8.05. The summed E-state index contributed by atoms with van der Waals surface area (Å²) in [7, 11) is 3.18. The number of thiophene rings is 1. The first kappa shape index (κ1) is 16.7. The monoisotopic (exact) mass is 386 g/mol. The Balaban J connectivity index is 1.99. The highest BCUT2D eigenvalue weighted by atomic mass is 79.9. The van der Waals surface area contributed by atoms with Crippen LogP contribution in [0.15, 0.2) is 28.1 Å². The van der Waals surface area contributed by atoms with Gasteiger partial charge in [0.1, 0.15) is 0 Å². The van der Waals surface area contributed by atoms with Crippen molar-refractivity contribution in [1.82, 2.24) is 5.32 Å². The van der Waals surface area contributed by atoms with Gasteiger partial charge in [-0.3, -0.25) is 10.1 Å². The maximum absolute atomic E-state index is 10.6. The third kappa shape index (κ3) is 3.96. The van der Waals surface area contributed by atoms with Crippen molar-refractivity contribution < 1.29 is 14.4 Å². The van der Waals surface area contributed by atoms with Gasteiger partial charge in [0, 0.05) is 24.5 Å². The summed E-state index contributed by atoms with van der Waals surface area (Å²) in [6, 6.07) is 5.43. The molecule has 118 valence electrons. The normalized spacial score (nSPS) is 10.5. The van der Waals surface area contributed by atoms with Crippen LogP contribution in [0.3, 0.4) is 0 Å². The number of methoxy groups -OCH3 is 2. The molecule has 0 fully saturated rings. The Bertz CT molecular complexity index is 675. The fourth-order valence-electron chi connectivity index (χ4n) is 1.98. The summed E-state index contributed by atoms with van der Waals surface area (Å²) in [5.74, 6) is 1.31. The average Bonchev–Trinajstić information content (AvgIpc) is 2.95. The molecule has 6 nitrogen and oxygen atoms in total. The molecule has 1 N–H and O–H groups in total. The number of hydrogen-bond acceptors (Lipinski definition) is 6. The topological polar surface area (TPSA) is 73.6 Å². The van der Waals surface area contributed by atoms with Gasteiger partial charge in [0.15, 0.2) is 11.5 Å². The Morgan fingerprint density at radius 1 is 1.23 bits per heavy atom. The second-order valence-corrected chi connectivity index (χ2v) is 6.21. The van der Waals surface area contributed by atoms with Gasteiger partial charge in [-0.1, -0.05) is 11.3 Å². The van der Waals surface area contributed by atoms with Gasteiger partial charge in [-0.15, -0.1) is 0 Å². The van der Waals surface area contributed by atoms with Crippen molar-refractivity contribution in [3.8, 4) is 11.5 Å². The average molecular weight is 387 g/mol. The molecule has 0 aliphatic carbocycles. The van der Waals surface area contributed by atoms with Crippen LogP contribution in [0.25, 0.3) is 0 Å². The molecular weight excluding hydrogens is 372 g/mol. The molecule has 0 saturated carbocycles. The number of nitro groups is 1. The molecule has 0 saturated heterocycles. The second-order valence-electron chi connectivity index (χ2n) is 4.47. The largest absolute Gasteiger partial charge is 0.493 e. The van der Waals surface area contributed by atoms with E-state index < -0.39 is 0 Å². The van der Waals surface area contributed by atoms with E-state index in [0.717, 1.165) is 26.9 Å². The molecule has 0 unspecified atom stereocenters. The van der Waals surface area contributed by atoms with E-state index in [4.69, 9.17) is 9.47 Å². The molecule has 1 aromatic carbocycles. The van der Waals surface area contributed by atoms with Crippen LogP contribution in [0.5, 0.6) is 11.5 Å². The molecule has 0 bridgehead atoms. The van der Waals surface area contributed by atoms with Gasteiger partial charge >= 0.3 is 5.00 Å². The first-order valence-electron chi connectivity index (χ1n) is 6.38. The number of rotatable bonds is 7. The van der Waals surface area contributed by atoms with Gasteiger partial charge in [0.05, 0.1) is 23.6 Å². The molecule has 8 heteroatoms. The first-order chi connectivity index (χ1) is 10.5. The Morgan fingerprint density at radius 2 is 1.95 bits per heavy atom. The van der Waals surface area contributed by atoms with E-state index in [1.165, 1.54) is 0 Å². The highest BCUT2D eigenvalue weighted by molar-refractivity contribution is 9.10. The summed E-state index contributed by atoms with van der Waals surface area (Å²) in [4.78, 5) is 10.3. The fourth-order valence-corrected chi connectivity index (χ4v) is 3.36. The van der Waals surface area contributed by atoms with Crippen molar-refractivity contribution in [2.24, 2.45) is 0 Å². The quantitative estimate of drug-likeness (QED) is 0.579. The molecule has 0 aliphatic heterocycles. The molecular formula is C14H15BrN2O4S. The summed E-state index contributed by atoms with van der Waals surface area (Å²) in [5, 5.41) is 15.8. The molecule has 1 heterocycles. The number of nitrogens with one attached hydrogen (secondary N) is 1. The lowest BCUT2D eigenvalue weighted by atomic mass is 10.2. The lowest BCUT2D eigenvalue weighted by Crippen LogP contribution is -2.12. The van der Waals surface area contributed by atoms with E-state index >= 15 is 0 Å². The lowest BCUT2D eigenvalue weighted by Gasteiger charge is -2.12. The van der Waals surface area contributed by atoms with Gasteiger partial charge < -0.3 is 14.8 Å². The van der Waals surface area contributed by atoms with E-state index in [0.29, 0.717) is 24.6 Å². The Hall–Kier alpha value is -1.64. The van der Waals surface area contributed by atoms with Crippen LogP contribution in [0, 0.1) is 10.1 Å². The van der Waals surface area contributed by atoms with Crippen LogP contribution in [0.1, 0.15) is 11.1 Å². The number of hydrogen-bond donors (Lipinski definition) is 1. The van der Waals surface area contributed by atoms with Gasteiger partial charge in [-0.05, 0) is 39.2 Å². The van der Waals surface area contributed by atoms with Crippen LogP contribution < -0.4 is 14.8 Å². The van der Waals surface area contributed by atoms with Crippen molar-refractivity contribution in [2.75, 3.05) is 14.2 Å². The molecule has 22 heavy (non-hydrogen) atoms. The minimum absolute atomic E-state index is 0.158. The molecule has 1 aromatic heterocycles. The Morgan fingerprint density at radius 3 is 2.55 bits per heavy atom. The standard InChI is InChI=1S/C14H15BrN2O4S/c1-20-12-4-9(3-11(15)14(12)21-2)6-16-7-10-5-13(17(18)19)22-8-10/h3-5,8,16H,6-7H2,1-2H3. The van der Waals surface area contributed by atoms with E-state index in [-0.39, 0.29) is 9.92 Å². The molecule has 0 spiro atoms. The van der Waals surface area contributed by atoms with Crippen molar-refractivity contribution in [3.63, 3.8) is 0 Å². The zero-order valence-corrected chi connectivity index (χ0v) is 14.5. The highest BCUT2D eigenvalue weighted by Gasteiger charge is 2.11. The Labute approximate surface area is 140 Å². The van der Waals surface area contributed by atoms with E-state index in [9.17, 15) is 10.1 Å². The maximum atomic E-state index is 10.6. The van der Waals surface area contributed by atoms with E-state index in [1.807, 2.05) is 12.1 Å². The molecule has 0 radical (unpaired) electrons. The van der Waals surface area contributed by atoms with Crippen molar-refractivity contribution in [2.45, 2.75) is 13.1 Å². The molecule has 0 atom stereocenters. The second kappa shape index (κ2) is 7.57. The van der Waals surface area contributed by atoms with Crippen molar-refractivity contribution in [1.29, 1.82) is 0 Å². The third-order valence-corrected chi connectivity index (χ3v) is 4.49. The third-order valence-electron chi connectivity index (χ3n) is 2.97. The van der Waals surface area contributed by atoms with E-state index in [2.05, 4.69) is 21.2 Å². The molecule has 0 aliphatic rings. The summed E-state index contributed by atoms with van der Waals surface area (Å²) in [6.45, 7) is 1.18. The minimum Gasteiger partial charge on any atom is -0.493 e. The predicted molar refractivity (Wildman–Crippen MR) is 88.8 cm³/mol. The summed E-state index contributed by atoms with van der Waals surface area (Å²) >= 11 is 4.58. The van der Waals surface area contributed by atoms with Crippen molar-refractivity contribution in [3.05, 3.63) is 49.3 Å². The number of ether oxygens (including phenoxy) is 2. The van der Waals surface area contributed by atoms with Crippen LogP contribution in [-0.4, -0.2) is 19.1 Å². The van der Waals surface area contributed by atoms with Crippen LogP contribution in [0.2, 0.25) is 0 Å². The molecule has 0 amide bonds. The van der Waals surface area contributed by atoms with Gasteiger partial charge in [-0.2, -0.15) is 0 Å². The van der Waals surface area contributed by atoms with Crippen LogP contribution in [-0.2, 0) is 13.1 Å². The zero-order valence-electron chi connectivity index (χ0n) is 12.1. The van der Waals surface area contributed by atoms with Gasteiger partial charge in [0.25, 0.3) is 0 Å². The summed E-state index contributed by atoms with van der Waals surface area (Å²) < 4.78 is 11.4. The summed E-state index contributed by atoms with van der Waals surface area (Å²) in [5.41, 5.74) is 1.92. The van der Waals surface area contributed by atoms with Gasteiger partial charge in [-0.25, -0.2) is 0 Å². The molecule has 2 rings (SSSR count).